The lowest BCUT2D eigenvalue weighted by atomic mass is 9.96. The summed E-state index contributed by atoms with van der Waals surface area (Å²) < 4.78 is 26.7. The van der Waals surface area contributed by atoms with Crippen molar-refractivity contribution in [1.82, 2.24) is 10.0 Å². The van der Waals surface area contributed by atoms with Crippen molar-refractivity contribution in [3.8, 4) is 0 Å². The van der Waals surface area contributed by atoms with Gasteiger partial charge in [-0.3, -0.25) is 0 Å². The number of urea groups is 1. The highest BCUT2D eigenvalue weighted by atomic mass is 32.2. The minimum absolute atomic E-state index is 0.467. The summed E-state index contributed by atoms with van der Waals surface area (Å²) in [7, 11) is -3.81. The van der Waals surface area contributed by atoms with Gasteiger partial charge in [0.25, 0.3) is 10.0 Å². The van der Waals surface area contributed by atoms with Gasteiger partial charge in [0.05, 0.1) is 0 Å². The number of amides is 2. The number of fused-ring (bicyclic) bond motifs is 2. The van der Waals surface area contributed by atoms with Gasteiger partial charge >= 0.3 is 6.03 Å². The normalized spacial score (nSPS) is 19.3. The van der Waals surface area contributed by atoms with E-state index < -0.39 is 16.1 Å². The second kappa shape index (κ2) is 8.88. The third kappa shape index (κ3) is 5.01. The summed E-state index contributed by atoms with van der Waals surface area (Å²) in [5, 5.41) is 7.31. The highest BCUT2D eigenvalue weighted by Gasteiger charge is 2.25. The van der Waals surface area contributed by atoms with Gasteiger partial charge in [-0.2, -0.15) is 0 Å². The Labute approximate surface area is 173 Å². The van der Waals surface area contributed by atoms with Crippen LogP contribution >= 0.6 is 0 Å². The first-order valence-corrected chi connectivity index (χ1v) is 12.5. The fourth-order valence-corrected chi connectivity index (χ4v) is 5.71. The number of rotatable bonds is 6. The summed E-state index contributed by atoms with van der Waals surface area (Å²) >= 11 is 0. The molecule has 0 aliphatic heterocycles. The predicted octanol–water partition coefficient (Wildman–Crippen LogP) is 3.55. The first-order chi connectivity index (χ1) is 14.0. The third-order valence-electron chi connectivity index (χ3n) is 6.35. The molecule has 2 amide bonds. The number of sulfonamides is 1. The molecule has 0 aromatic heterocycles. The largest absolute Gasteiger partial charge is 0.333 e. The molecule has 3 aliphatic carbocycles. The van der Waals surface area contributed by atoms with E-state index in [0.29, 0.717) is 12.6 Å². The van der Waals surface area contributed by atoms with E-state index >= 15 is 0 Å². The van der Waals surface area contributed by atoms with E-state index in [4.69, 9.17) is 0 Å². The van der Waals surface area contributed by atoms with Gasteiger partial charge in [0, 0.05) is 23.7 Å². The number of aryl methyl sites for hydroxylation is 2. The van der Waals surface area contributed by atoms with E-state index in [2.05, 4.69) is 21.4 Å². The van der Waals surface area contributed by atoms with Crippen molar-refractivity contribution in [3.63, 3.8) is 0 Å². The van der Waals surface area contributed by atoms with Crippen molar-refractivity contribution in [2.45, 2.75) is 76.7 Å². The van der Waals surface area contributed by atoms with Gasteiger partial charge in [-0.05, 0) is 73.6 Å². The van der Waals surface area contributed by atoms with E-state index in [0.717, 1.165) is 62.5 Å². The molecule has 0 saturated heterocycles. The molecule has 0 radical (unpaired) electrons. The number of carbonyl (C=O) groups excluding carboxylic acids is 1. The molecule has 3 aliphatic rings. The van der Waals surface area contributed by atoms with Crippen LogP contribution in [0.5, 0.6) is 0 Å². The summed E-state index contributed by atoms with van der Waals surface area (Å²) in [5.74, 6) is 0. The van der Waals surface area contributed by atoms with Crippen LogP contribution in [0.1, 0.15) is 67.2 Å². The van der Waals surface area contributed by atoms with Crippen molar-refractivity contribution in [2.75, 3.05) is 11.9 Å². The lowest BCUT2D eigenvalue weighted by Crippen LogP contribution is -2.34. The maximum atomic E-state index is 12.5. The van der Waals surface area contributed by atoms with Crippen LogP contribution in [0.2, 0.25) is 0 Å². The Morgan fingerprint density at radius 2 is 1.62 bits per heavy atom. The van der Waals surface area contributed by atoms with Crippen molar-refractivity contribution in [2.24, 2.45) is 0 Å². The first kappa shape index (κ1) is 20.4. The number of nitrogens with one attached hydrogen (secondary N) is 3. The molecule has 0 bridgehead atoms. The van der Waals surface area contributed by atoms with Crippen LogP contribution in [0.4, 0.5) is 10.5 Å². The quantitative estimate of drug-likeness (QED) is 0.661. The summed E-state index contributed by atoms with van der Waals surface area (Å²) in [5.41, 5.74) is 5.83. The number of anilines is 1. The number of carbonyl (C=O) groups is 1. The van der Waals surface area contributed by atoms with Crippen molar-refractivity contribution in [3.05, 3.63) is 39.8 Å². The molecule has 4 rings (SSSR count). The molecular weight excluding hydrogens is 386 g/mol. The Balaban J connectivity index is 1.35. The highest BCUT2D eigenvalue weighted by molar-refractivity contribution is 7.92. The van der Waals surface area contributed by atoms with E-state index in [1.165, 1.54) is 41.5 Å². The van der Waals surface area contributed by atoms with Crippen LogP contribution in [0.15, 0.2) is 17.6 Å². The average Bonchev–Trinajstić information content (AvgIpc) is 3.34. The van der Waals surface area contributed by atoms with Gasteiger partial charge in [-0.15, -0.1) is 0 Å². The number of hydrogen-bond acceptors (Lipinski definition) is 4. The summed E-state index contributed by atoms with van der Waals surface area (Å²) in [4.78, 5) is 12.5. The number of benzene rings is 1. The molecule has 7 heteroatoms. The van der Waals surface area contributed by atoms with Crippen molar-refractivity contribution >= 4 is 21.7 Å². The molecule has 6 nitrogen and oxygen atoms in total. The topological polar surface area (TPSA) is 87.3 Å². The maximum absolute atomic E-state index is 12.5. The van der Waals surface area contributed by atoms with Crippen molar-refractivity contribution in [1.29, 1.82) is 0 Å². The molecule has 29 heavy (non-hydrogen) atoms. The standard InChI is InChI=1S/C22H31N3O3S/c26-22(25-29(27,28)14-6-13-23-18-9-2-1-3-10-18)24-21-19-11-4-7-16(19)15-17-8-5-12-20(17)21/h6,14-15,18,23H,1-5,7-13H2,(H2,24,25,26)/b14-6+. The van der Waals surface area contributed by atoms with Gasteiger partial charge in [0.15, 0.2) is 0 Å². The minimum atomic E-state index is -3.81. The molecule has 1 aromatic carbocycles. The minimum Gasteiger partial charge on any atom is -0.310 e. The SMILES string of the molecule is O=C(Nc1c2c(cc3c1CCC3)CCC2)NS(=O)(=O)/C=C/CNC1CCCCC1. The molecule has 0 atom stereocenters. The Morgan fingerprint density at radius 1 is 0.966 bits per heavy atom. The second-order valence-corrected chi connectivity index (χ2v) is 10.0. The lowest BCUT2D eigenvalue weighted by Gasteiger charge is -2.21. The van der Waals surface area contributed by atoms with Crippen molar-refractivity contribution < 1.29 is 13.2 Å². The Hall–Kier alpha value is -1.86. The van der Waals surface area contributed by atoms with Crippen LogP contribution in [0.25, 0.3) is 0 Å². The lowest BCUT2D eigenvalue weighted by molar-refractivity contribution is 0.256. The smallest absolute Gasteiger partial charge is 0.310 e. The molecule has 3 N–H and O–H groups in total. The summed E-state index contributed by atoms with van der Waals surface area (Å²) in [6.45, 7) is 0.493. The molecule has 158 valence electrons. The van der Waals surface area contributed by atoms with Gasteiger partial charge in [0.2, 0.25) is 0 Å². The predicted molar refractivity (Wildman–Crippen MR) is 116 cm³/mol. The van der Waals surface area contributed by atoms with Crippen LogP contribution < -0.4 is 15.4 Å². The zero-order valence-electron chi connectivity index (χ0n) is 16.9. The monoisotopic (exact) mass is 417 g/mol. The van der Waals surface area contributed by atoms with Crippen LogP contribution in [-0.2, 0) is 35.7 Å². The summed E-state index contributed by atoms with van der Waals surface area (Å²) in [6, 6.07) is 2.07. The van der Waals surface area contributed by atoms with E-state index in [1.807, 2.05) is 0 Å². The Morgan fingerprint density at radius 3 is 2.28 bits per heavy atom. The van der Waals surface area contributed by atoms with E-state index in [-0.39, 0.29) is 0 Å². The van der Waals surface area contributed by atoms with E-state index in [9.17, 15) is 13.2 Å². The molecule has 1 aromatic rings. The average molecular weight is 418 g/mol. The molecule has 1 saturated carbocycles. The fourth-order valence-electron chi connectivity index (χ4n) is 4.99. The third-order valence-corrected chi connectivity index (χ3v) is 7.37. The van der Waals surface area contributed by atoms with Gasteiger partial charge < -0.3 is 10.6 Å². The second-order valence-electron chi connectivity index (χ2n) is 8.45. The first-order valence-electron chi connectivity index (χ1n) is 10.9. The van der Waals surface area contributed by atoms with Gasteiger partial charge in [-0.25, -0.2) is 17.9 Å². The molecule has 0 spiro atoms. The van der Waals surface area contributed by atoms with E-state index in [1.54, 1.807) is 6.08 Å². The molecule has 0 heterocycles. The summed E-state index contributed by atoms with van der Waals surface area (Å²) in [6.07, 6.45) is 13.7. The van der Waals surface area contributed by atoms with Gasteiger partial charge in [0.1, 0.15) is 0 Å². The van der Waals surface area contributed by atoms with Crippen LogP contribution in [-0.4, -0.2) is 27.0 Å². The van der Waals surface area contributed by atoms with Crippen LogP contribution in [0.3, 0.4) is 0 Å². The van der Waals surface area contributed by atoms with Crippen LogP contribution in [0, 0.1) is 0 Å². The molecular formula is C22H31N3O3S. The molecule has 0 unspecified atom stereocenters. The Kier molecular flexibility index (Phi) is 6.25. The fraction of sp³-hybridized carbons (Fsp3) is 0.591. The molecule has 1 fully saturated rings. The van der Waals surface area contributed by atoms with Gasteiger partial charge in [-0.1, -0.05) is 31.4 Å². The zero-order chi connectivity index (χ0) is 20.3. The highest BCUT2D eigenvalue weighted by Crippen LogP contribution is 2.38. The zero-order valence-corrected chi connectivity index (χ0v) is 17.7. The maximum Gasteiger partial charge on any atom is 0.333 e. The Bertz CT molecular complexity index is 870. The number of hydrogen-bond donors (Lipinski definition) is 3.